The summed E-state index contributed by atoms with van der Waals surface area (Å²) in [4.78, 5) is 17.8. The van der Waals surface area contributed by atoms with Crippen molar-refractivity contribution in [2.24, 2.45) is 0 Å². The molecule has 5 rings (SSSR count). The van der Waals surface area contributed by atoms with Gasteiger partial charge in [-0.1, -0.05) is 72.8 Å². The second-order valence-corrected chi connectivity index (χ2v) is 8.19. The van der Waals surface area contributed by atoms with Crippen LogP contribution in [0.1, 0.15) is 32.9 Å². The molecule has 0 aliphatic carbocycles. The van der Waals surface area contributed by atoms with Crippen molar-refractivity contribution in [3.63, 3.8) is 0 Å². The number of carbonyl (C=O) groups is 1. The van der Waals surface area contributed by atoms with Crippen LogP contribution >= 0.6 is 0 Å². The Morgan fingerprint density at radius 3 is 2.34 bits per heavy atom. The van der Waals surface area contributed by atoms with Crippen molar-refractivity contribution >= 4 is 5.78 Å². The highest BCUT2D eigenvalue weighted by Crippen LogP contribution is 2.32. The van der Waals surface area contributed by atoms with Crippen LogP contribution in [0.25, 0.3) is 22.5 Å². The SMILES string of the molecule is Cc1cc(OCc2ccc(-c3ccccc3)c(-c3nn[nH]n3)c2)c(C(=O)c2ccccc2)c(C)n1. The van der Waals surface area contributed by atoms with Crippen molar-refractivity contribution in [2.75, 3.05) is 0 Å². The first-order valence-electron chi connectivity index (χ1n) is 11.2. The average Bonchev–Trinajstić information content (AvgIpc) is 3.43. The van der Waals surface area contributed by atoms with Crippen molar-refractivity contribution < 1.29 is 9.53 Å². The third-order valence-electron chi connectivity index (χ3n) is 5.70. The Kier molecular flexibility index (Phi) is 6.13. The molecule has 0 amide bonds. The minimum atomic E-state index is -0.113. The molecule has 7 nitrogen and oxygen atoms in total. The van der Waals surface area contributed by atoms with E-state index in [0.29, 0.717) is 28.4 Å². The number of benzene rings is 3. The molecule has 5 aromatic rings. The standard InChI is InChI=1S/C28H23N5O2/c1-18-15-25(26(19(2)29-18)27(34)22-11-7-4-8-12-22)35-17-20-13-14-23(21-9-5-3-6-10-21)24(16-20)28-30-32-33-31-28/h3-16H,17H2,1-2H3,(H,30,31,32,33). The van der Waals surface area contributed by atoms with Gasteiger partial charge in [-0.3, -0.25) is 9.78 Å². The summed E-state index contributed by atoms with van der Waals surface area (Å²) in [6.07, 6.45) is 0. The number of rotatable bonds is 7. The third-order valence-corrected chi connectivity index (χ3v) is 5.70. The second kappa shape index (κ2) is 9.69. The van der Waals surface area contributed by atoms with Gasteiger partial charge in [0.1, 0.15) is 12.4 Å². The Morgan fingerprint density at radius 1 is 0.886 bits per heavy atom. The van der Waals surface area contributed by atoms with Crippen molar-refractivity contribution in [2.45, 2.75) is 20.5 Å². The summed E-state index contributed by atoms with van der Waals surface area (Å²) >= 11 is 0. The summed E-state index contributed by atoms with van der Waals surface area (Å²) in [5.41, 5.74) is 6.29. The number of ether oxygens (including phenoxy) is 1. The normalized spacial score (nSPS) is 10.8. The van der Waals surface area contributed by atoms with E-state index in [0.717, 1.165) is 27.9 Å². The molecule has 0 unspecified atom stereocenters. The van der Waals surface area contributed by atoms with Crippen molar-refractivity contribution in [1.29, 1.82) is 0 Å². The Balaban J connectivity index is 1.48. The number of ketones is 1. The van der Waals surface area contributed by atoms with Gasteiger partial charge in [-0.25, -0.2) is 0 Å². The molecule has 0 aliphatic heterocycles. The number of carbonyl (C=O) groups excluding carboxylic acids is 1. The Hall–Kier alpha value is -4.65. The number of hydrogen-bond donors (Lipinski definition) is 1. The highest BCUT2D eigenvalue weighted by molar-refractivity contribution is 6.11. The van der Waals surface area contributed by atoms with E-state index in [1.165, 1.54) is 0 Å². The van der Waals surface area contributed by atoms with Gasteiger partial charge in [0.2, 0.25) is 5.82 Å². The first-order chi connectivity index (χ1) is 17.1. The van der Waals surface area contributed by atoms with E-state index in [1.54, 1.807) is 12.1 Å². The zero-order valence-electron chi connectivity index (χ0n) is 19.4. The second-order valence-electron chi connectivity index (χ2n) is 8.19. The molecule has 0 atom stereocenters. The highest BCUT2D eigenvalue weighted by Gasteiger charge is 2.20. The third kappa shape index (κ3) is 4.70. The van der Waals surface area contributed by atoms with Crippen molar-refractivity contribution in [1.82, 2.24) is 25.6 Å². The molecule has 35 heavy (non-hydrogen) atoms. The van der Waals surface area contributed by atoms with Crippen LogP contribution in [0.2, 0.25) is 0 Å². The molecular formula is C28H23N5O2. The number of nitrogens with zero attached hydrogens (tertiary/aromatic N) is 4. The van der Waals surface area contributed by atoms with E-state index < -0.39 is 0 Å². The number of nitrogens with one attached hydrogen (secondary N) is 1. The maximum Gasteiger partial charge on any atom is 0.205 e. The van der Waals surface area contributed by atoms with E-state index in [-0.39, 0.29) is 12.4 Å². The fourth-order valence-corrected chi connectivity index (χ4v) is 4.09. The topological polar surface area (TPSA) is 93.7 Å². The predicted octanol–water partition coefficient (Wildman–Crippen LogP) is 5.36. The maximum absolute atomic E-state index is 13.3. The molecule has 7 heteroatoms. The van der Waals surface area contributed by atoms with Gasteiger partial charge >= 0.3 is 0 Å². The lowest BCUT2D eigenvalue weighted by molar-refractivity contribution is 0.103. The van der Waals surface area contributed by atoms with Crippen LogP contribution in [0, 0.1) is 13.8 Å². The first kappa shape index (κ1) is 22.2. The summed E-state index contributed by atoms with van der Waals surface area (Å²) < 4.78 is 6.22. The van der Waals surface area contributed by atoms with Crippen LogP contribution < -0.4 is 4.74 Å². The monoisotopic (exact) mass is 461 g/mol. The summed E-state index contributed by atoms with van der Waals surface area (Å²) in [5.74, 6) is 0.899. The number of aromatic nitrogens is 5. The minimum absolute atomic E-state index is 0.113. The Morgan fingerprint density at radius 2 is 1.63 bits per heavy atom. The summed E-state index contributed by atoms with van der Waals surface area (Å²) in [5, 5.41) is 14.6. The van der Waals surface area contributed by atoms with Crippen LogP contribution in [0.4, 0.5) is 0 Å². The average molecular weight is 462 g/mol. The molecule has 0 saturated carbocycles. The number of pyridine rings is 1. The van der Waals surface area contributed by atoms with Gasteiger partial charge in [-0.15, -0.1) is 10.2 Å². The van der Waals surface area contributed by atoms with Crippen LogP contribution in [-0.2, 0) is 6.61 Å². The highest BCUT2D eigenvalue weighted by atomic mass is 16.5. The van der Waals surface area contributed by atoms with Gasteiger partial charge in [0, 0.05) is 22.9 Å². The van der Waals surface area contributed by atoms with Crippen LogP contribution in [0.3, 0.4) is 0 Å². The van der Waals surface area contributed by atoms with Gasteiger partial charge < -0.3 is 4.74 Å². The Bertz CT molecular complexity index is 1470. The molecule has 2 heterocycles. The Labute approximate surface area is 202 Å². The smallest absolute Gasteiger partial charge is 0.205 e. The summed E-state index contributed by atoms with van der Waals surface area (Å²) in [6, 6.07) is 27.0. The van der Waals surface area contributed by atoms with Crippen LogP contribution in [0.15, 0.2) is 84.9 Å². The number of H-pyrrole nitrogens is 1. The van der Waals surface area contributed by atoms with Crippen LogP contribution in [0.5, 0.6) is 5.75 Å². The van der Waals surface area contributed by atoms with Gasteiger partial charge in [0.05, 0.1) is 11.3 Å². The molecule has 172 valence electrons. The molecule has 0 spiro atoms. The summed E-state index contributed by atoms with van der Waals surface area (Å²) in [7, 11) is 0. The minimum Gasteiger partial charge on any atom is -0.488 e. The molecule has 0 fully saturated rings. The quantitative estimate of drug-likeness (QED) is 0.328. The largest absolute Gasteiger partial charge is 0.488 e. The molecule has 1 N–H and O–H groups in total. The zero-order chi connectivity index (χ0) is 24.2. The van der Waals surface area contributed by atoms with E-state index in [4.69, 9.17) is 4.74 Å². The van der Waals surface area contributed by atoms with Crippen molar-refractivity contribution in [3.8, 4) is 28.3 Å². The fourth-order valence-electron chi connectivity index (χ4n) is 4.09. The zero-order valence-corrected chi connectivity index (χ0v) is 19.4. The number of tetrazole rings is 1. The lowest BCUT2D eigenvalue weighted by Crippen LogP contribution is -2.10. The first-order valence-corrected chi connectivity index (χ1v) is 11.2. The molecule has 2 aromatic heterocycles. The number of aryl methyl sites for hydroxylation is 2. The van der Waals surface area contributed by atoms with Gasteiger partial charge in [-0.05, 0) is 41.8 Å². The van der Waals surface area contributed by atoms with E-state index in [2.05, 4.69) is 25.6 Å². The maximum atomic E-state index is 13.3. The number of hydrogen-bond acceptors (Lipinski definition) is 6. The summed E-state index contributed by atoms with van der Waals surface area (Å²) in [6.45, 7) is 3.98. The van der Waals surface area contributed by atoms with E-state index >= 15 is 0 Å². The number of aromatic amines is 1. The molecule has 0 saturated heterocycles. The molecule has 0 aliphatic rings. The van der Waals surface area contributed by atoms with E-state index in [9.17, 15) is 4.79 Å². The van der Waals surface area contributed by atoms with Gasteiger partial charge in [0.25, 0.3) is 0 Å². The lowest BCUT2D eigenvalue weighted by atomic mass is 9.97. The lowest BCUT2D eigenvalue weighted by Gasteiger charge is -2.15. The predicted molar refractivity (Wildman–Crippen MR) is 133 cm³/mol. The van der Waals surface area contributed by atoms with E-state index in [1.807, 2.05) is 86.6 Å². The fraction of sp³-hybridized carbons (Fsp3) is 0.107. The molecule has 0 bridgehead atoms. The van der Waals surface area contributed by atoms with Gasteiger partial charge in [0.15, 0.2) is 5.78 Å². The van der Waals surface area contributed by atoms with Crippen LogP contribution in [-0.4, -0.2) is 31.4 Å². The van der Waals surface area contributed by atoms with Crippen molar-refractivity contribution in [3.05, 3.63) is 113 Å². The van der Waals surface area contributed by atoms with Gasteiger partial charge in [-0.2, -0.15) is 5.21 Å². The molecule has 0 radical (unpaired) electrons. The molecule has 3 aromatic carbocycles. The molecular weight excluding hydrogens is 438 g/mol.